The van der Waals surface area contributed by atoms with Crippen LogP contribution in [0.3, 0.4) is 0 Å². The van der Waals surface area contributed by atoms with E-state index in [-0.39, 0.29) is 11.6 Å². The average Bonchev–Trinajstić information content (AvgIpc) is 2.98. The number of carbonyl (C=O) groups excluding carboxylic acids is 1. The van der Waals surface area contributed by atoms with E-state index in [1.165, 1.54) is 6.07 Å². The van der Waals surface area contributed by atoms with Gasteiger partial charge in [0.15, 0.2) is 5.92 Å². The highest BCUT2D eigenvalue weighted by atomic mass is 19.4. The van der Waals surface area contributed by atoms with Crippen molar-refractivity contribution in [2.45, 2.75) is 19.0 Å². The summed E-state index contributed by atoms with van der Waals surface area (Å²) in [5, 5.41) is 8.55. The van der Waals surface area contributed by atoms with E-state index in [1.54, 1.807) is 0 Å². The van der Waals surface area contributed by atoms with E-state index in [2.05, 4.69) is 4.99 Å². The van der Waals surface area contributed by atoms with Crippen molar-refractivity contribution >= 4 is 11.6 Å². The lowest BCUT2D eigenvalue weighted by atomic mass is 9.94. The molecule has 0 radical (unpaired) electrons. The Balaban J connectivity index is 2.40. The van der Waals surface area contributed by atoms with Crippen molar-refractivity contribution in [1.82, 2.24) is 0 Å². The summed E-state index contributed by atoms with van der Waals surface area (Å²) in [6, 6.07) is 1.35. The minimum Gasteiger partial charge on any atom is -0.271 e. The van der Waals surface area contributed by atoms with E-state index >= 15 is 0 Å². The Kier molecular flexibility index (Phi) is 2.34. The molecule has 1 unspecified atom stereocenters. The first kappa shape index (κ1) is 10.9. The third-order valence-electron chi connectivity index (χ3n) is 2.55. The standard InChI is InChI=1S/C10H7F3N2O/c11-10(12,13)7-3-8(5-1-2-5)15-9(16)6(7)4-14/h3,5-6H,1-2H2. The van der Waals surface area contributed by atoms with E-state index in [0.29, 0.717) is 0 Å². The molecular weight excluding hydrogens is 221 g/mol. The van der Waals surface area contributed by atoms with Crippen molar-refractivity contribution in [3.63, 3.8) is 0 Å². The van der Waals surface area contributed by atoms with Gasteiger partial charge in [-0.15, -0.1) is 0 Å². The van der Waals surface area contributed by atoms with Crippen LogP contribution in [0, 0.1) is 23.2 Å². The highest BCUT2D eigenvalue weighted by Crippen LogP contribution is 2.38. The van der Waals surface area contributed by atoms with E-state index < -0.39 is 23.6 Å². The Morgan fingerprint density at radius 1 is 1.44 bits per heavy atom. The molecule has 0 aromatic rings. The maximum Gasteiger partial charge on any atom is 0.414 e. The fourth-order valence-corrected chi connectivity index (χ4v) is 1.56. The van der Waals surface area contributed by atoms with Gasteiger partial charge in [0.2, 0.25) is 0 Å². The van der Waals surface area contributed by atoms with Gasteiger partial charge in [0.1, 0.15) is 0 Å². The van der Waals surface area contributed by atoms with Gasteiger partial charge in [-0.2, -0.15) is 18.4 Å². The molecular formula is C10H7F3N2O. The summed E-state index contributed by atoms with van der Waals surface area (Å²) >= 11 is 0. The van der Waals surface area contributed by atoms with Crippen LogP contribution < -0.4 is 0 Å². The Labute approximate surface area is 89.3 Å². The Hall–Kier alpha value is -1.64. The van der Waals surface area contributed by atoms with Gasteiger partial charge in [0, 0.05) is 11.6 Å². The van der Waals surface area contributed by atoms with Crippen molar-refractivity contribution in [3.05, 3.63) is 11.6 Å². The van der Waals surface area contributed by atoms with Crippen LogP contribution in [0.2, 0.25) is 0 Å². The second kappa shape index (κ2) is 3.44. The predicted octanol–water partition coefficient (Wildman–Crippen LogP) is 2.01. The molecule has 1 aliphatic carbocycles. The summed E-state index contributed by atoms with van der Waals surface area (Å²) in [6.07, 6.45) is -2.28. The number of nitrogens with zero attached hydrogens (tertiary/aromatic N) is 2. The minimum absolute atomic E-state index is 0.0408. The van der Waals surface area contributed by atoms with E-state index in [4.69, 9.17) is 5.26 Å². The zero-order chi connectivity index (χ0) is 11.9. The molecule has 0 aromatic heterocycles. The molecule has 1 aliphatic heterocycles. The lowest BCUT2D eigenvalue weighted by Gasteiger charge is -2.18. The molecule has 84 valence electrons. The molecule has 1 saturated carbocycles. The topological polar surface area (TPSA) is 53.2 Å². The van der Waals surface area contributed by atoms with E-state index in [9.17, 15) is 18.0 Å². The van der Waals surface area contributed by atoms with Crippen molar-refractivity contribution in [2.75, 3.05) is 0 Å². The molecule has 16 heavy (non-hydrogen) atoms. The lowest BCUT2D eigenvalue weighted by molar-refractivity contribution is -0.125. The van der Waals surface area contributed by atoms with Gasteiger partial charge >= 0.3 is 6.18 Å². The number of rotatable bonds is 1. The molecule has 0 bridgehead atoms. The molecule has 0 spiro atoms. The van der Waals surface area contributed by atoms with Crippen LogP contribution in [0.15, 0.2) is 16.6 Å². The number of alkyl halides is 3. The van der Waals surface area contributed by atoms with Crippen LogP contribution in [0.4, 0.5) is 13.2 Å². The number of nitriles is 1. The number of dihydropyridines is 1. The molecule has 2 aliphatic rings. The normalized spacial score (nSPS) is 25.9. The quantitative estimate of drug-likeness (QED) is 0.689. The number of hydrogen-bond acceptors (Lipinski definition) is 2. The average molecular weight is 228 g/mol. The van der Waals surface area contributed by atoms with Crippen LogP contribution in [0.1, 0.15) is 12.8 Å². The summed E-state index contributed by atoms with van der Waals surface area (Å²) in [5.74, 6) is -2.84. The molecule has 0 aromatic carbocycles. The first-order chi connectivity index (χ1) is 7.43. The highest BCUT2D eigenvalue weighted by Gasteiger charge is 2.45. The minimum atomic E-state index is -4.65. The molecule has 1 atom stereocenters. The molecule has 3 nitrogen and oxygen atoms in total. The first-order valence-electron chi connectivity index (χ1n) is 4.74. The van der Waals surface area contributed by atoms with Gasteiger partial charge in [-0.25, -0.2) is 4.99 Å². The second-order valence-electron chi connectivity index (χ2n) is 3.81. The van der Waals surface area contributed by atoms with Crippen molar-refractivity contribution in [3.8, 4) is 6.07 Å². The van der Waals surface area contributed by atoms with Crippen LogP contribution in [0.25, 0.3) is 0 Å². The predicted molar refractivity (Wildman–Crippen MR) is 48.4 cm³/mol. The van der Waals surface area contributed by atoms with Gasteiger partial charge in [-0.1, -0.05) is 0 Å². The number of amides is 1. The monoisotopic (exact) mass is 228 g/mol. The highest BCUT2D eigenvalue weighted by molar-refractivity contribution is 6.09. The number of allylic oxidation sites excluding steroid dienone is 1. The maximum absolute atomic E-state index is 12.6. The second-order valence-corrected chi connectivity index (χ2v) is 3.81. The summed E-state index contributed by atoms with van der Waals surface area (Å²) < 4.78 is 37.7. The lowest BCUT2D eigenvalue weighted by Crippen LogP contribution is -2.29. The molecule has 0 saturated heterocycles. The first-order valence-corrected chi connectivity index (χ1v) is 4.74. The van der Waals surface area contributed by atoms with E-state index in [0.717, 1.165) is 18.9 Å². The van der Waals surface area contributed by atoms with Gasteiger partial charge in [0.05, 0.1) is 11.6 Å². The smallest absolute Gasteiger partial charge is 0.271 e. The maximum atomic E-state index is 12.6. The largest absolute Gasteiger partial charge is 0.414 e. The number of hydrogen-bond donors (Lipinski definition) is 0. The van der Waals surface area contributed by atoms with Crippen LogP contribution in [0.5, 0.6) is 0 Å². The van der Waals surface area contributed by atoms with Crippen LogP contribution in [-0.4, -0.2) is 17.8 Å². The van der Waals surface area contributed by atoms with Crippen LogP contribution in [-0.2, 0) is 4.79 Å². The molecule has 1 fully saturated rings. The fraction of sp³-hybridized carbons (Fsp3) is 0.500. The molecule has 1 heterocycles. The number of halogens is 3. The van der Waals surface area contributed by atoms with Crippen molar-refractivity contribution < 1.29 is 18.0 Å². The van der Waals surface area contributed by atoms with E-state index in [1.807, 2.05) is 0 Å². The number of carbonyl (C=O) groups is 1. The third-order valence-corrected chi connectivity index (χ3v) is 2.55. The zero-order valence-corrected chi connectivity index (χ0v) is 8.08. The third kappa shape index (κ3) is 1.85. The molecule has 2 rings (SSSR count). The Morgan fingerprint density at radius 3 is 2.50 bits per heavy atom. The zero-order valence-electron chi connectivity index (χ0n) is 8.08. The SMILES string of the molecule is N#CC1C(=O)N=C(C2CC2)C=C1C(F)(F)F. The van der Waals surface area contributed by atoms with Gasteiger partial charge in [-0.3, -0.25) is 4.79 Å². The Bertz CT molecular complexity index is 438. The van der Waals surface area contributed by atoms with Crippen molar-refractivity contribution in [2.24, 2.45) is 16.8 Å². The molecule has 1 amide bonds. The summed E-state index contributed by atoms with van der Waals surface area (Å²) in [5.41, 5.74) is -0.916. The van der Waals surface area contributed by atoms with Gasteiger partial charge in [0.25, 0.3) is 5.91 Å². The summed E-state index contributed by atoms with van der Waals surface area (Å²) in [4.78, 5) is 14.8. The van der Waals surface area contributed by atoms with Crippen LogP contribution >= 0.6 is 0 Å². The Morgan fingerprint density at radius 2 is 2.06 bits per heavy atom. The summed E-state index contributed by atoms with van der Waals surface area (Å²) in [7, 11) is 0. The fourth-order valence-electron chi connectivity index (χ4n) is 1.56. The summed E-state index contributed by atoms with van der Waals surface area (Å²) in [6.45, 7) is 0. The molecule has 0 N–H and O–H groups in total. The van der Waals surface area contributed by atoms with Gasteiger partial charge < -0.3 is 0 Å². The molecule has 6 heteroatoms. The number of aliphatic imine (C=N–C) groups is 1. The van der Waals surface area contributed by atoms with Gasteiger partial charge in [-0.05, 0) is 18.9 Å². The van der Waals surface area contributed by atoms with Crippen molar-refractivity contribution in [1.29, 1.82) is 5.26 Å².